The molecular formula is C14H26N2O2. The van der Waals surface area contributed by atoms with Crippen molar-refractivity contribution in [3.63, 3.8) is 0 Å². The van der Waals surface area contributed by atoms with E-state index in [2.05, 4.69) is 12.2 Å². The zero-order valence-electron chi connectivity index (χ0n) is 12.2. The lowest BCUT2D eigenvalue weighted by atomic mass is 9.97. The average Bonchev–Trinajstić information content (AvgIpc) is 2.59. The Balaban J connectivity index is 2.57. The van der Waals surface area contributed by atoms with E-state index in [9.17, 15) is 9.59 Å². The Morgan fingerprint density at radius 1 is 1.50 bits per heavy atom. The molecule has 2 amide bonds. The van der Waals surface area contributed by atoms with Crippen molar-refractivity contribution < 1.29 is 9.59 Å². The van der Waals surface area contributed by atoms with Crippen LogP contribution in [0.3, 0.4) is 0 Å². The molecule has 1 heterocycles. The molecule has 0 spiro atoms. The normalized spacial score (nSPS) is 20.7. The molecule has 0 radical (unpaired) electrons. The van der Waals surface area contributed by atoms with Crippen LogP contribution in [0.15, 0.2) is 0 Å². The van der Waals surface area contributed by atoms with Crippen molar-refractivity contribution in [2.75, 3.05) is 6.54 Å². The number of hydrogen-bond acceptors (Lipinski definition) is 2. The number of likely N-dealkylation sites (tertiary alicyclic amines) is 1. The molecule has 18 heavy (non-hydrogen) atoms. The molecule has 1 N–H and O–H groups in total. The molecule has 4 nitrogen and oxygen atoms in total. The fourth-order valence-corrected chi connectivity index (χ4v) is 2.53. The van der Waals surface area contributed by atoms with Gasteiger partial charge >= 0.3 is 0 Å². The van der Waals surface area contributed by atoms with Gasteiger partial charge in [-0.25, -0.2) is 0 Å². The van der Waals surface area contributed by atoms with Gasteiger partial charge in [-0.05, 0) is 34.1 Å². The van der Waals surface area contributed by atoms with Gasteiger partial charge in [0.05, 0.1) is 5.92 Å². The first-order valence-electron chi connectivity index (χ1n) is 6.88. The highest BCUT2D eigenvalue weighted by Gasteiger charge is 2.36. The number of carbonyl (C=O) groups is 2. The lowest BCUT2D eigenvalue weighted by molar-refractivity contribution is -0.130. The van der Waals surface area contributed by atoms with Crippen LogP contribution in [0.2, 0.25) is 0 Å². The smallest absolute Gasteiger partial charge is 0.225 e. The summed E-state index contributed by atoms with van der Waals surface area (Å²) in [5.41, 5.74) is -0.180. The van der Waals surface area contributed by atoms with Gasteiger partial charge < -0.3 is 10.2 Å². The van der Waals surface area contributed by atoms with E-state index in [0.717, 1.165) is 12.8 Å². The quantitative estimate of drug-likeness (QED) is 0.815. The zero-order valence-corrected chi connectivity index (χ0v) is 12.2. The van der Waals surface area contributed by atoms with Gasteiger partial charge in [0.15, 0.2) is 0 Å². The van der Waals surface area contributed by atoms with E-state index in [-0.39, 0.29) is 29.3 Å². The zero-order chi connectivity index (χ0) is 13.9. The van der Waals surface area contributed by atoms with E-state index >= 15 is 0 Å². The first-order chi connectivity index (χ1) is 8.26. The standard InChI is InChI=1S/C14H26N2O2/c1-6-7-14(4,5)15-13(18)11-8-12(17)16(9-11)10(2)3/h10-11H,6-9H2,1-5H3,(H,15,18)/t11-/m0/s1. The van der Waals surface area contributed by atoms with Crippen LogP contribution in [0.4, 0.5) is 0 Å². The van der Waals surface area contributed by atoms with Crippen molar-refractivity contribution in [1.82, 2.24) is 10.2 Å². The van der Waals surface area contributed by atoms with Crippen molar-refractivity contribution >= 4 is 11.8 Å². The van der Waals surface area contributed by atoms with Crippen LogP contribution >= 0.6 is 0 Å². The van der Waals surface area contributed by atoms with E-state index in [1.54, 1.807) is 4.90 Å². The maximum atomic E-state index is 12.2. The molecule has 1 aliphatic rings. The number of nitrogens with one attached hydrogen (secondary N) is 1. The van der Waals surface area contributed by atoms with Crippen LogP contribution in [0, 0.1) is 5.92 Å². The summed E-state index contributed by atoms with van der Waals surface area (Å²) in [6.07, 6.45) is 2.34. The number of rotatable bonds is 5. The summed E-state index contributed by atoms with van der Waals surface area (Å²) in [6, 6.07) is 0.180. The molecule has 0 unspecified atom stereocenters. The molecule has 0 bridgehead atoms. The van der Waals surface area contributed by atoms with Crippen molar-refractivity contribution in [2.24, 2.45) is 5.92 Å². The van der Waals surface area contributed by atoms with Crippen LogP contribution < -0.4 is 5.32 Å². The largest absolute Gasteiger partial charge is 0.351 e. The Bertz CT molecular complexity index is 324. The molecule has 0 aromatic carbocycles. The summed E-state index contributed by atoms with van der Waals surface area (Å²) in [6.45, 7) is 10.7. The summed E-state index contributed by atoms with van der Waals surface area (Å²) in [5.74, 6) is -0.0700. The van der Waals surface area contributed by atoms with Crippen molar-refractivity contribution in [2.45, 2.75) is 65.5 Å². The Labute approximate surface area is 110 Å². The molecule has 1 atom stereocenters. The Hall–Kier alpha value is -1.06. The van der Waals surface area contributed by atoms with Gasteiger partial charge in [-0.1, -0.05) is 13.3 Å². The molecule has 0 aromatic heterocycles. The van der Waals surface area contributed by atoms with Gasteiger partial charge in [-0.15, -0.1) is 0 Å². The van der Waals surface area contributed by atoms with E-state index < -0.39 is 0 Å². The van der Waals surface area contributed by atoms with Crippen molar-refractivity contribution in [1.29, 1.82) is 0 Å². The number of hydrogen-bond donors (Lipinski definition) is 1. The predicted octanol–water partition coefficient (Wildman–Crippen LogP) is 1.94. The fourth-order valence-electron chi connectivity index (χ4n) is 2.53. The molecule has 104 valence electrons. The van der Waals surface area contributed by atoms with Gasteiger partial charge in [-0.3, -0.25) is 9.59 Å². The van der Waals surface area contributed by atoms with Gasteiger partial charge in [0, 0.05) is 24.5 Å². The first-order valence-corrected chi connectivity index (χ1v) is 6.88. The van der Waals surface area contributed by atoms with Crippen molar-refractivity contribution in [3.05, 3.63) is 0 Å². The summed E-state index contributed by atoms with van der Waals surface area (Å²) in [4.78, 5) is 25.7. The second-order valence-corrected chi connectivity index (χ2v) is 6.16. The predicted molar refractivity (Wildman–Crippen MR) is 72.1 cm³/mol. The molecule has 1 saturated heterocycles. The third-order valence-corrected chi connectivity index (χ3v) is 3.49. The van der Waals surface area contributed by atoms with Crippen LogP contribution in [0.5, 0.6) is 0 Å². The summed E-state index contributed by atoms with van der Waals surface area (Å²) >= 11 is 0. The molecule has 4 heteroatoms. The highest BCUT2D eigenvalue weighted by molar-refractivity contribution is 5.89. The van der Waals surface area contributed by atoms with Gasteiger partial charge in [-0.2, -0.15) is 0 Å². The molecule has 0 aromatic rings. The lowest BCUT2D eigenvalue weighted by Gasteiger charge is -2.27. The highest BCUT2D eigenvalue weighted by atomic mass is 16.2. The topological polar surface area (TPSA) is 49.4 Å². The van der Waals surface area contributed by atoms with E-state index in [0.29, 0.717) is 13.0 Å². The summed E-state index contributed by atoms with van der Waals surface area (Å²) < 4.78 is 0. The monoisotopic (exact) mass is 254 g/mol. The first kappa shape index (κ1) is 15.0. The van der Waals surface area contributed by atoms with E-state index in [4.69, 9.17) is 0 Å². The fraction of sp³-hybridized carbons (Fsp3) is 0.857. The minimum absolute atomic E-state index is 0.0185. The van der Waals surface area contributed by atoms with Gasteiger partial charge in [0.25, 0.3) is 0 Å². The molecule has 1 fully saturated rings. The third kappa shape index (κ3) is 3.72. The van der Waals surface area contributed by atoms with Gasteiger partial charge in [0.1, 0.15) is 0 Å². The highest BCUT2D eigenvalue weighted by Crippen LogP contribution is 2.21. The molecule has 1 rings (SSSR count). The number of carbonyl (C=O) groups excluding carboxylic acids is 2. The third-order valence-electron chi connectivity index (χ3n) is 3.49. The summed E-state index contributed by atoms with van der Waals surface area (Å²) in [7, 11) is 0. The lowest BCUT2D eigenvalue weighted by Crippen LogP contribution is -2.46. The number of amides is 2. The Morgan fingerprint density at radius 2 is 2.11 bits per heavy atom. The second-order valence-electron chi connectivity index (χ2n) is 6.16. The average molecular weight is 254 g/mol. The summed E-state index contributed by atoms with van der Waals surface area (Å²) in [5, 5.41) is 3.06. The molecule has 0 aliphatic carbocycles. The minimum atomic E-state index is -0.184. The number of nitrogens with zero attached hydrogens (tertiary/aromatic N) is 1. The maximum Gasteiger partial charge on any atom is 0.225 e. The van der Waals surface area contributed by atoms with Crippen molar-refractivity contribution in [3.8, 4) is 0 Å². The van der Waals surface area contributed by atoms with Crippen LogP contribution in [0.1, 0.15) is 53.9 Å². The van der Waals surface area contributed by atoms with E-state index in [1.165, 1.54) is 0 Å². The molecule has 0 saturated carbocycles. The second kappa shape index (κ2) is 5.72. The van der Waals surface area contributed by atoms with Crippen LogP contribution in [-0.4, -0.2) is 34.8 Å². The molecule has 1 aliphatic heterocycles. The minimum Gasteiger partial charge on any atom is -0.351 e. The van der Waals surface area contributed by atoms with Crippen LogP contribution in [0.25, 0.3) is 0 Å². The van der Waals surface area contributed by atoms with Gasteiger partial charge in [0.2, 0.25) is 11.8 Å². The molecular weight excluding hydrogens is 228 g/mol. The van der Waals surface area contributed by atoms with E-state index in [1.807, 2.05) is 27.7 Å². The Kier molecular flexibility index (Phi) is 4.77. The SMILES string of the molecule is CCCC(C)(C)NC(=O)[C@H]1CC(=O)N(C(C)C)C1. The maximum absolute atomic E-state index is 12.2. The van der Waals surface area contributed by atoms with Crippen LogP contribution in [-0.2, 0) is 9.59 Å². The Morgan fingerprint density at radius 3 is 2.56 bits per heavy atom.